The molecule has 0 aliphatic carbocycles. The average molecular weight is 601 g/mol. The highest BCUT2D eigenvalue weighted by molar-refractivity contribution is 5.76. The Balaban J connectivity index is 1.38. The number of carbonyl (C=O) groups excluding carboxylic acids is 2. The molecule has 0 radical (unpaired) electrons. The molecule has 3 aromatic rings. The Morgan fingerprint density at radius 2 is 1.68 bits per heavy atom. The molecule has 3 aromatic carbocycles. The maximum Gasteiger partial charge on any atom is 0.323 e. The predicted molar refractivity (Wildman–Crippen MR) is 168 cm³/mol. The molecule has 234 valence electrons. The number of hydrogen-bond donors (Lipinski definition) is 2. The second kappa shape index (κ2) is 14.0. The second-order valence-corrected chi connectivity index (χ2v) is 12.8. The molecule has 2 saturated heterocycles. The fourth-order valence-electron chi connectivity index (χ4n) is 5.93. The maximum absolute atomic E-state index is 13.0. The summed E-state index contributed by atoms with van der Waals surface area (Å²) >= 11 is 0. The first-order valence-corrected chi connectivity index (χ1v) is 15.5. The van der Waals surface area contributed by atoms with E-state index in [1.54, 1.807) is 0 Å². The summed E-state index contributed by atoms with van der Waals surface area (Å²) in [5.74, 6) is -0.242. The normalized spacial score (nSPS) is 22.5. The number of aliphatic hydroxyl groups is 1. The minimum absolute atomic E-state index is 0.0139. The molecule has 0 spiro atoms. The Bertz CT molecular complexity index is 1430. The molecule has 0 bridgehead atoms. The minimum atomic E-state index is -0.610. The minimum Gasteiger partial charge on any atom is -0.459 e. The SMILES string of the molecule is CC(=O)NCc1cccc(-c2cccc(C3OC(CN4CCCC4C(=O)OC(C)(C)C)CC(c4ccc(CO)cc4)O3)c2)c1. The van der Waals surface area contributed by atoms with E-state index in [4.69, 9.17) is 14.2 Å². The summed E-state index contributed by atoms with van der Waals surface area (Å²) in [4.78, 5) is 26.7. The molecule has 0 saturated carbocycles. The predicted octanol–water partition coefficient (Wildman–Crippen LogP) is 5.83. The van der Waals surface area contributed by atoms with E-state index in [1.807, 2.05) is 69.3 Å². The van der Waals surface area contributed by atoms with Crippen molar-refractivity contribution >= 4 is 11.9 Å². The highest BCUT2D eigenvalue weighted by Gasteiger charge is 2.39. The van der Waals surface area contributed by atoms with Crippen LogP contribution >= 0.6 is 0 Å². The lowest BCUT2D eigenvalue weighted by Gasteiger charge is -2.38. The van der Waals surface area contributed by atoms with Crippen LogP contribution in [0.5, 0.6) is 0 Å². The van der Waals surface area contributed by atoms with E-state index in [0.717, 1.165) is 52.8 Å². The van der Waals surface area contributed by atoms with Crippen molar-refractivity contribution in [3.8, 4) is 11.1 Å². The summed E-state index contributed by atoms with van der Waals surface area (Å²) in [5, 5.41) is 12.4. The molecule has 8 heteroatoms. The number of rotatable bonds is 9. The number of esters is 1. The molecular weight excluding hydrogens is 556 g/mol. The van der Waals surface area contributed by atoms with Crippen molar-refractivity contribution in [3.05, 3.63) is 95.1 Å². The third-order valence-corrected chi connectivity index (χ3v) is 8.06. The molecule has 2 N–H and O–H groups in total. The van der Waals surface area contributed by atoms with Gasteiger partial charge in [0.1, 0.15) is 11.6 Å². The molecule has 5 rings (SSSR count). The van der Waals surface area contributed by atoms with E-state index >= 15 is 0 Å². The lowest BCUT2D eigenvalue weighted by atomic mass is 9.98. The van der Waals surface area contributed by atoms with Crippen molar-refractivity contribution in [1.29, 1.82) is 0 Å². The third-order valence-electron chi connectivity index (χ3n) is 8.06. The highest BCUT2D eigenvalue weighted by Crippen LogP contribution is 2.39. The van der Waals surface area contributed by atoms with Crippen molar-refractivity contribution in [3.63, 3.8) is 0 Å². The van der Waals surface area contributed by atoms with Crippen molar-refractivity contribution in [1.82, 2.24) is 10.2 Å². The Hall–Kier alpha value is -3.56. The first-order valence-electron chi connectivity index (χ1n) is 15.5. The molecule has 44 heavy (non-hydrogen) atoms. The summed E-state index contributed by atoms with van der Waals surface area (Å²) in [6, 6.07) is 23.9. The van der Waals surface area contributed by atoms with Crippen LogP contribution in [-0.2, 0) is 37.0 Å². The second-order valence-electron chi connectivity index (χ2n) is 12.8. The molecule has 0 aromatic heterocycles. The van der Waals surface area contributed by atoms with Crippen LogP contribution in [-0.4, -0.2) is 52.7 Å². The van der Waals surface area contributed by atoms with Crippen molar-refractivity contribution in [2.24, 2.45) is 0 Å². The van der Waals surface area contributed by atoms with Gasteiger partial charge in [-0.05, 0) is 80.1 Å². The van der Waals surface area contributed by atoms with Gasteiger partial charge >= 0.3 is 5.97 Å². The van der Waals surface area contributed by atoms with Crippen molar-refractivity contribution < 1.29 is 28.9 Å². The van der Waals surface area contributed by atoms with Gasteiger partial charge in [0, 0.05) is 32.0 Å². The van der Waals surface area contributed by atoms with Gasteiger partial charge in [0.05, 0.1) is 18.8 Å². The molecule has 8 nitrogen and oxygen atoms in total. The van der Waals surface area contributed by atoms with Gasteiger partial charge in [-0.25, -0.2) is 0 Å². The van der Waals surface area contributed by atoms with Crippen LogP contribution in [0.3, 0.4) is 0 Å². The zero-order chi connectivity index (χ0) is 31.3. The van der Waals surface area contributed by atoms with E-state index < -0.39 is 11.9 Å². The van der Waals surface area contributed by atoms with Gasteiger partial charge in [-0.3, -0.25) is 14.5 Å². The smallest absolute Gasteiger partial charge is 0.323 e. The number of likely N-dealkylation sites (tertiary alicyclic amines) is 1. The van der Waals surface area contributed by atoms with E-state index in [1.165, 1.54) is 6.92 Å². The largest absolute Gasteiger partial charge is 0.459 e. The molecular formula is C36H44N2O6. The number of amides is 1. The number of nitrogens with one attached hydrogen (secondary N) is 1. The van der Waals surface area contributed by atoms with Crippen LogP contribution < -0.4 is 5.32 Å². The zero-order valence-corrected chi connectivity index (χ0v) is 26.1. The van der Waals surface area contributed by atoms with E-state index in [0.29, 0.717) is 19.5 Å². The molecule has 2 heterocycles. The Morgan fingerprint density at radius 1 is 0.955 bits per heavy atom. The van der Waals surface area contributed by atoms with Crippen molar-refractivity contribution in [2.75, 3.05) is 13.1 Å². The summed E-state index contributed by atoms with van der Waals surface area (Å²) in [7, 11) is 0. The third kappa shape index (κ3) is 8.33. The quantitative estimate of drug-likeness (QED) is 0.298. The summed E-state index contributed by atoms with van der Waals surface area (Å²) in [6.07, 6.45) is 1.34. The van der Waals surface area contributed by atoms with Crippen LogP contribution in [0.15, 0.2) is 72.8 Å². The molecule has 2 fully saturated rings. The number of hydrogen-bond acceptors (Lipinski definition) is 7. The molecule has 4 unspecified atom stereocenters. The average Bonchev–Trinajstić information content (AvgIpc) is 3.47. The van der Waals surface area contributed by atoms with Crippen LogP contribution in [0.4, 0.5) is 0 Å². The molecule has 1 amide bonds. The number of nitrogens with zero attached hydrogens (tertiary/aromatic N) is 1. The van der Waals surface area contributed by atoms with Crippen LogP contribution in [0, 0.1) is 0 Å². The van der Waals surface area contributed by atoms with Gasteiger partial charge in [-0.1, -0.05) is 60.7 Å². The summed E-state index contributed by atoms with van der Waals surface area (Å²) in [5.41, 5.74) is 5.31. The lowest BCUT2D eigenvalue weighted by molar-refractivity contribution is -0.253. The van der Waals surface area contributed by atoms with E-state index in [-0.39, 0.29) is 36.7 Å². The Kier molecular flexibility index (Phi) is 10.2. The maximum atomic E-state index is 13.0. The van der Waals surface area contributed by atoms with Crippen LogP contribution in [0.2, 0.25) is 0 Å². The van der Waals surface area contributed by atoms with E-state index in [9.17, 15) is 14.7 Å². The Labute approximate surface area is 260 Å². The van der Waals surface area contributed by atoms with Gasteiger partial charge < -0.3 is 24.6 Å². The first-order chi connectivity index (χ1) is 21.1. The summed E-state index contributed by atoms with van der Waals surface area (Å²) in [6.45, 7) is 9.08. The fraction of sp³-hybridized carbons (Fsp3) is 0.444. The highest BCUT2D eigenvalue weighted by atomic mass is 16.7. The van der Waals surface area contributed by atoms with Crippen molar-refractivity contribution in [2.45, 2.75) is 90.2 Å². The molecule has 2 aliphatic heterocycles. The van der Waals surface area contributed by atoms with Gasteiger partial charge in [-0.15, -0.1) is 0 Å². The summed E-state index contributed by atoms with van der Waals surface area (Å²) < 4.78 is 19.0. The van der Waals surface area contributed by atoms with Crippen LogP contribution in [0.25, 0.3) is 11.1 Å². The lowest BCUT2D eigenvalue weighted by Crippen LogP contribution is -2.45. The monoisotopic (exact) mass is 600 g/mol. The van der Waals surface area contributed by atoms with Crippen LogP contribution in [0.1, 0.15) is 81.6 Å². The van der Waals surface area contributed by atoms with Gasteiger partial charge in [0.2, 0.25) is 5.91 Å². The number of benzene rings is 3. The topological polar surface area (TPSA) is 97.3 Å². The zero-order valence-electron chi connectivity index (χ0n) is 26.1. The number of carbonyl (C=O) groups is 2. The Morgan fingerprint density at radius 3 is 2.39 bits per heavy atom. The van der Waals surface area contributed by atoms with E-state index in [2.05, 4.69) is 34.5 Å². The molecule has 2 aliphatic rings. The standard InChI is InChI=1S/C36H44N2O6/c1-24(40)37-21-26-8-5-9-28(18-26)29-10-6-11-30(19-29)35-42-31(20-33(43-35)27-15-13-25(23-39)14-16-27)22-38-17-7-12-32(38)34(41)44-36(2,3)4/h5-6,8-11,13-16,18-19,31-33,35,39H,7,12,17,20-23H2,1-4H3,(H,37,40). The number of ether oxygens (including phenoxy) is 3. The number of aliphatic hydroxyl groups excluding tert-OH is 1. The molecule has 4 atom stereocenters. The fourth-order valence-corrected chi connectivity index (χ4v) is 5.93. The van der Waals surface area contributed by atoms with Gasteiger partial charge in [0.25, 0.3) is 0 Å². The first kappa shape index (κ1) is 31.9. The van der Waals surface area contributed by atoms with Gasteiger partial charge in [0.15, 0.2) is 6.29 Å². The van der Waals surface area contributed by atoms with Gasteiger partial charge in [-0.2, -0.15) is 0 Å².